The largest absolute Gasteiger partial charge is 0.481 e. The van der Waals surface area contributed by atoms with Crippen molar-refractivity contribution in [1.82, 2.24) is 0 Å². The minimum atomic E-state index is -0.702. The van der Waals surface area contributed by atoms with Crippen molar-refractivity contribution in [2.24, 2.45) is 0 Å². The summed E-state index contributed by atoms with van der Waals surface area (Å²) in [5, 5.41) is 17.8. The Hall–Kier alpha value is -1.09. The van der Waals surface area contributed by atoms with E-state index in [0.717, 1.165) is 25.7 Å². The SMILES string of the molecule is C=CC(C)(O)CCC=C(C)C.CCCCCCCCCC(=O)O. The summed E-state index contributed by atoms with van der Waals surface area (Å²) in [7, 11) is 0. The second-order valence-corrected chi connectivity index (χ2v) is 6.65. The molecule has 0 saturated heterocycles. The Labute approximate surface area is 143 Å². The van der Waals surface area contributed by atoms with Crippen LogP contribution in [0.25, 0.3) is 0 Å². The molecule has 1 unspecified atom stereocenters. The number of hydrogen-bond donors (Lipinski definition) is 2. The van der Waals surface area contributed by atoms with Gasteiger partial charge in [0.05, 0.1) is 5.60 Å². The Bertz CT molecular complexity index is 326. The first-order valence-corrected chi connectivity index (χ1v) is 8.96. The lowest BCUT2D eigenvalue weighted by Crippen LogP contribution is -2.19. The second kappa shape index (κ2) is 15.8. The first-order valence-electron chi connectivity index (χ1n) is 8.96. The number of carbonyl (C=O) groups is 1. The normalized spacial score (nSPS) is 12.6. The van der Waals surface area contributed by atoms with Gasteiger partial charge >= 0.3 is 5.97 Å². The third-order valence-corrected chi connectivity index (χ3v) is 3.64. The molecule has 0 bridgehead atoms. The molecule has 0 aliphatic heterocycles. The van der Waals surface area contributed by atoms with E-state index in [2.05, 4.69) is 33.4 Å². The molecule has 1 atom stereocenters. The summed E-state index contributed by atoms with van der Waals surface area (Å²) >= 11 is 0. The van der Waals surface area contributed by atoms with E-state index in [1.807, 2.05) is 0 Å². The van der Waals surface area contributed by atoms with E-state index < -0.39 is 11.6 Å². The van der Waals surface area contributed by atoms with Gasteiger partial charge in [-0.2, -0.15) is 0 Å². The van der Waals surface area contributed by atoms with Crippen LogP contribution >= 0.6 is 0 Å². The summed E-state index contributed by atoms with van der Waals surface area (Å²) in [5.41, 5.74) is 0.594. The zero-order valence-corrected chi connectivity index (χ0v) is 15.7. The molecular weight excluding hydrogens is 288 g/mol. The van der Waals surface area contributed by atoms with Crippen LogP contribution in [0.2, 0.25) is 0 Å². The highest BCUT2D eigenvalue weighted by Crippen LogP contribution is 2.13. The van der Waals surface area contributed by atoms with Gasteiger partial charge < -0.3 is 10.2 Å². The highest BCUT2D eigenvalue weighted by Gasteiger charge is 2.12. The summed E-state index contributed by atoms with van der Waals surface area (Å²) in [6.07, 6.45) is 14.0. The minimum absolute atomic E-state index is 0.341. The number of allylic oxidation sites excluding steroid dienone is 2. The topological polar surface area (TPSA) is 57.5 Å². The van der Waals surface area contributed by atoms with Gasteiger partial charge in [-0.15, -0.1) is 6.58 Å². The predicted molar refractivity (Wildman–Crippen MR) is 99.7 cm³/mol. The van der Waals surface area contributed by atoms with E-state index in [4.69, 9.17) is 5.11 Å². The maximum absolute atomic E-state index is 10.1. The lowest BCUT2D eigenvalue weighted by molar-refractivity contribution is -0.137. The van der Waals surface area contributed by atoms with Crippen molar-refractivity contribution in [1.29, 1.82) is 0 Å². The Kier molecular flexibility index (Phi) is 16.6. The van der Waals surface area contributed by atoms with Gasteiger partial charge in [0, 0.05) is 6.42 Å². The molecule has 2 N–H and O–H groups in total. The number of carboxylic acids is 1. The molecule has 0 fully saturated rings. The van der Waals surface area contributed by atoms with E-state index in [1.165, 1.54) is 37.7 Å². The van der Waals surface area contributed by atoms with Crippen LogP contribution in [0.1, 0.15) is 91.9 Å². The molecule has 0 amide bonds. The van der Waals surface area contributed by atoms with E-state index >= 15 is 0 Å². The third kappa shape index (κ3) is 23.3. The molecule has 0 radical (unpaired) electrons. The number of aliphatic hydroxyl groups is 1. The zero-order chi connectivity index (χ0) is 18.1. The van der Waals surface area contributed by atoms with E-state index in [-0.39, 0.29) is 0 Å². The van der Waals surface area contributed by atoms with Gasteiger partial charge in [0.25, 0.3) is 0 Å². The maximum atomic E-state index is 10.1. The minimum Gasteiger partial charge on any atom is -0.481 e. The molecule has 0 rings (SSSR count). The van der Waals surface area contributed by atoms with Crippen LogP contribution in [-0.4, -0.2) is 21.8 Å². The van der Waals surface area contributed by atoms with Crippen LogP contribution in [-0.2, 0) is 4.79 Å². The lowest BCUT2D eigenvalue weighted by atomic mass is 10.00. The molecule has 3 heteroatoms. The molecule has 0 aromatic carbocycles. The van der Waals surface area contributed by atoms with Crippen LogP contribution in [0.15, 0.2) is 24.3 Å². The van der Waals surface area contributed by atoms with Crippen molar-refractivity contribution >= 4 is 5.97 Å². The molecule has 3 nitrogen and oxygen atoms in total. The van der Waals surface area contributed by atoms with E-state index in [1.54, 1.807) is 13.0 Å². The molecule has 0 aromatic heterocycles. The van der Waals surface area contributed by atoms with Crippen molar-refractivity contribution in [2.75, 3.05) is 0 Å². The number of hydrogen-bond acceptors (Lipinski definition) is 2. The van der Waals surface area contributed by atoms with Crippen molar-refractivity contribution in [3.8, 4) is 0 Å². The second-order valence-electron chi connectivity index (χ2n) is 6.65. The van der Waals surface area contributed by atoms with Gasteiger partial charge in [-0.25, -0.2) is 0 Å². The highest BCUT2D eigenvalue weighted by molar-refractivity contribution is 5.66. The van der Waals surface area contributed by atoms with Crippen molar-refractivity contribution < 1.29 is 15.0 Å². The van der Waals surface area contributed by atoms with Crippen LogP contribution in [0.3, 0.4) is 0 Å². The summed E-state index contributed by atoms with van der Waals surface area (Å²) in [6, 6.07) is 0. The molecule has 0 heterocycles. The summed E-state index contributed by atoms with van der Waals surface area (Å²) < 4.78 is 0. The number of aliphatic carboxylic acids is 1. The van der Waals surface area contributed by atoms with E-state index in [9.17, 15) is 9.90 Å². The highest BCUT2D eigenvalue weighted by atomic mass is 16.4. The average Bonchev–Trinajstić information content (AvgIpc) is 2.46. The molecular formula is C20H38O3. The third-order valence-electron chi connectivity index (χ3n) is 3.64. The standard InChI is InChI=1S/C10H20O2.C10H18O/c1-2-3-4-5-6-7-8-9-10(11)12;1-5-10(4,11)8-6-7-9(2)3/h2-9H2,1H3,(H,11,12);5,7,11H,1,6,8H2,2-4H3. The average molecular weight is 327 g/mol. The van der Waals surface area contributed by atoms with Crippen molar-refractivity contribution in [3.63, 3.8) is 0 Å². The monoisotopic (exact) mass is 326 g/mol. The maximum Gasteiger partial charge on any atom is 0.303 e. The first-order chi connectivity index (χ1) is 10.7. The molecule has 0 saturated carbocycles. The van der Waals surface area contributed by atoms with Crippen LogP contribution in [0.4, 0.5) is 0 Å². The van der Waals surface area contributed by atoms with Gasteiger partial charge in [-0.1, -0.05) is 63.2 Å². The number of carboxylic acid groups (broad SMARTS) is 1. The van der Waals surface area contributed by atoms with Gasteiger partial charge in [0.1, 0.15) is 0 Å². The summed E-state index contributed by atoms with van der Waals surface area (Å²) in [5.74, 6) is -0.663. The van der Waals surface area contributed by atoms with E-state index in [0.29, 0.717) is 6.42 Å². The molecule has 0 aliphatic carbocycles. The Balaban J connectivity index is 0. The molecule has 136 valence electrons. The van der Waals surface area contributed by atoms with Crippen molar-refractivity contribution in [2.45, 2.75) is 97.5 Å². The molecule has 0 aliphatic rings. The van der Waals surface area contributed by atoms with Gasteiger partial charge in [-0.3, -0.25) is 4.79 Å². The molecule has 0 spiro atoms. The van der Waals surface area contributed by atoms with Gasteiger partial charge in [-0.05, 0) is 40.0 Å². The quantitative estimate of drug-likeness (QED) is 0.348. The molecule has 0 aromatic rings. The van der Waals surface area contributed by atoms with Crippen LogP contribution < -0.4 is 0 Å². The van der Waals surface area contributed by atoms with Gasteiger partial charge in [0.15, 0.2) is 0 Å². The Morgan fingerprint density at radius 2 is 1.61 bits per heavy atom. The van der Waals surface area contributed by atoms with Crippen molar-refractivity contribution in [3.05, 3.63) is 24.3 Å². The summed E-state index contributed by atoms with van der Waals surface area (Å²) in [4.78, 5) is 10.1. The fraction of sp³-hybridized carbons (Fsp3) is 0.750. The van der Waals surface area contributed by atoms with Crippen LogP contribution in [0.5, 0.6) is 0 Å². The van der Waals surface area contributed by atoms with Crippen LogP contribution in [0, 0.1) is 0 Å². The lowest BCUT2D eigenvalue weighted by Gasteiger charge is -2.16. The van der Waals surface area contributed by atoms with Gasteiger partial charge in [0.2, 0.25) is 0 Å². The summed E-state index contributed by atoms with van der Waals surface area (Å²) in [6.45, 7) is 11.7. The fourth-order valence-corrected chi connectivity index (χ4v) is 1.99. The zero-order valence-electron chi connectivity index (χ0n) is 15.7. The fourth-order valence-electron chi connectivity index (χ4n) is 1.99. The molecule has 23 heavy (non-hydrogen) atoms. The smallest absolute Gasteiger partial charge is 0.303 e. The first kappa shape index (κ1) is 24.2. The predicted octanol–water partition coefficient (Wildman–Crippen LogP) is 5.88. The number of unbranched alkanes of at least 4 members (excludes halogenated alkanes) is 6. The number of rotatable bonds is 12. The Morgan fingerprint density at radius 1 is 1.09 bits per heavy atom. The Morgan fingerprint density at radius 3 is 2.04 bits per heavy atom.